The second-order valence-corrected chi connectivity index (χ2v) is 8.48. The van der Waals surface area contributed by atoms with Gasteiger partial charge in [0.15, 0.2) is 0 Å². The minimum Gasteiger partial charge on any atom is -0.338 e. The van der Waals surface area contributed by atoms with Gasteiger partial charge in [-0.25, -0.2) is 9.07 Å². The van der Waals surface area contributed by atoms with Gasteiger partial charge in [0.05, 0.1) is 18.7 Å². The van der Waals surface area contributed by atoms with Crippen LogP contribution in [-0.2, 0) is 11.3 Å². The van der Waals surface area contributed by atoms with Crippen molar-refractivity contribution in [3.63, 3.8) is 0 Å². The first-order chi connectivity index (χ1) is 15.4. The number of carbonyl (C=O) groups excluding carboxylic acids is 2. The zero-order chi connectivity index (χ0) is 22.7. The molecule has 0 saturated carbocycles. The molecule has 0 spiro atoms. The number of hydrogen-bond acceptors (Lipinski definition) is 3. The van der Waals surface area contributed by atoms with E-state index in [1.165, 1.54) is 24.3 Å². The minimum atomic E-state index is -0.396. The van der Waals surface area contributed by atoms with Crippen molar-refractivity contribution in [1.82, 2.24) is 14.7 Å². The van der Waals surface area contributed by atoms with Crippen molar-refractivity contribution >= 4 is 40.8 Å². The Kier molecular flexibility index (Phi) is 6.77. The number of piperidine rings is 1. The van der Waals surface area contributed by atoms with Crippen molar-refractivity contribution < 1.29 is 14.0 Å². The second kappa shape index (κ2) is 9.71. The van der Waals surface area contributed by atoms with Crippen LogP contribution in [0.2, 0.25) is 10.0 Å². The highest BCUT2D eigenvalue weighted by Crippen LogP contribution is 2.26. The molecule has 6 nitrogen and oxygen atoms in total. The van der Waals surface area contributed by atoms with Gasteiger partial charge in [-0.2, -0.15) is 5.10 Å². The van der Waals surface area contributed by atoms with Crippen LogP contribution in [0.1, 0.15) is 28.8 Å². The summed E-state index contributed by atoms with van der Waals surface area (Å²) in [4.78, 5) is 27.4. The first kappa shape index (κ1) is 22.3. The summed E-state index contributed by atoms with van der Waals surface area (Å²) < 4.78 is 14.8. The topological polar surface area (TPSA) is 67.2 Å². The molecule has 2 amide bonds. The van der Waals surface area contributed by atoms with Crippen LogP contribution in [0.25, 0.3) is 0 Å². The average molecular weight is 475 g/mol. The van der Waals surface area contributed by atoms with E-state index in [9.17, 15) is 14.0 Å². The number of aromatic nitrogens is 2. The quantitative estimate of drug-likeness (QED) is 0.573. The van der Waals surface area contributed by atoms with E-state index in [1.807, 2.05) is 0 Å². The van der Waals surface area contributed by atoms with Crippen LogP contribution in [0.4, 0.5) is 10.2 Å². The third kappa shape index (κ3) is 4.95. The fourth-order valence-electron chi connectivity index (χ4n) is 3.78. The molecule has 3 aromatic rings. The summed E-state index contributed by atoms with van der Waals surface area (Å²) in [6.45, 7) is 1.16. The van der Waals surface area contributed by atoms with Crippen molar-refractivity contribution in [2.75, 3.05) is 18.4 Å². The summed E-state index contributed by atoms with van der Waals surface area (Å²) in [5, 5.41) is 8.23. The molecule has 9 heteroatoms. The van der Waals surface area contributed by atoms with E-state index >= 15 is 0 Å². The average Bonchev–Trinajstić information content (AvgIpc) is 3.23. The van der Waals surface area contributed by atoms with Crippen LogP contribution in [0.5, 0.6) is 0 Å². The number of hydrogen-bond donors (Lipinski definition) is 1. The summed E-state index contributed by atoms with van der Waals surface area (Å²) in [6.07, 6.45) is 2.97. The Bertz CT molecular complexity index is 1110. The Labute approximate surface area is 194 Å². The molecule has 1 aromatic heterocycles. The van der Waals surface area contributed by atoms with Crippen LogP contribution in [0, 0.1) is 11.7 Å². The molecule has 1 fully saturated rings. The van der Waals surface area contributed by atoms with Crippen LogP contribution in [-0.4, -0.2) is 39.6 Å². The van der Waals surface area contributed by atoms with Gasteiger partial charge in [0.2, 0.25) is 5.91 Å². The monoisotopic (exact) mass is 474 g/mol. The van der Waals surface area contributed by atoms with E-state index < -0.39 is 5.82 Å². The van der Waals surface area contributed by atoms with Gasteiger partial charge in [-0.15, -0.1) is 0 Å². The number of rotatable bonds is 5. The number of nitrogens with one attached hydrogen (secondary N) is 1. The highest BCUT2D eigenvalue weighted by Gasteiger charge is 2.29. The highest BCUT2D eigenvalue weighted by atomic mass is 35.5. The van der Waals surface area contributed by atoms with Crippen molar-refractivity contribution in [3.8, 4) is 0 Å². The number of nitrogens with zero attached hydrogens (tertiary/aromatic N) is 3. The van der Waals surface area contributed by atoms with Crippen LogP contribution in [0.15, 0.2) is 54.7 Å². The summed E-state index contributed by atoms with van der Waals surface area (Å²) >= 11 is 12.5. The van der Waals surface area contributed by atoms with Crippen molar-refractivity contribution in [3.05, 3.63) is 81.7 Å². The summed E-state index contributed by atoms with van der Waals surface area (Å²) in [6, 6.07) is 12.4. The Morgan fingerprint density at radius 2 is 1.81 bits per heavy atom. The molecule has 1 atom stereocenters. The van der Waals surface area contributed by atoms with Crippen molar-refractivity contribution in [1.29, 1.82) is 0 Å². The largest absolute Gasteiger partial charge is 0.338 e. The van der Waals surface area contributed by atoms with Gasteiger partial charge in [-0.05, 0) is 49.2 Å². The number of likely N-dealkylation sites (tertiary alicyclic amines) is 1. The lowest BCUT2D eigenvalue weighted by molar-refractivity contribution is -0.121. The molecule has 0 radical (unpaired) electrons. The van der Waals surface area contributed by atoms with Gasteiger partial charge >= 0.3 is 0 Å². The van der Waals surface area contributed by atoms with Gasteiger partial charge in [-0.3, -0.25) is 9.59 Å². The molecule has 166 valence electrons. The van der Waals surface area contributed by atoms with E-state index in [-0.39, 0.29) is 17.7 Å². The molecule has 1 N–H and O–H groups in total. The Morgan fingerprint density at radius 1 is 1.09 bits per heavy atom. The maximum absolute atomic E-state index is 13.2. The molecule has 1 aliphatic rings. The number of benzene rings is 2. The fourth-order valence-corrected chi connectivity index (χ4v) is 4.29. The summed E-state index contributed by atoms with van der Waals surface area (Å²) in [7, 11) is 0. The first-order valence-corrected chi connectivity index (χ1v) is 11.0. The first-order valence-electron chi connectivity index (χ1n) is 10.2. The van der Waals surface area contributed by atoms with Gasteiger partial charge in [0.25, 0.3) is 5.91 Å². The Hall–Kier alpha value is -2.90. The number of halogens is 3. The third-order valence-corrected chi connectivity index (χ3v) is 6.22. The molecule has 1 unspecified atom stereocenters. The van der Waals surface area contributed by atoms with E-state index in [4.69, 9.17) is 23.2 Å². The summed E-state index contributed by atoms with van der Waals surface area (Å²) in [5.74, 6) is -0.630. The van der Waals surface area contributed by atoms with Crippen LogP contribution < -0.4 is 5.32 Å². The summed E-state index contributed by atoms with van der Waals surface area (Å²) in [5.41, 5.74) is 1.12. The lowest BCUT2D eigenvalue weighted by Gasteiger charge is -2.32. The molecular formula is C23H21Cl2FN4O2. The van der Waals surface area contributed by atoms with Gasteiger partial charge in [-0.1, -0.05) is 29.3 Å². The number of carbonyl (C=O) groups is 2. The molecule has 32 heavy (non-hydrogen) atoms. The van der Waals surface area contributed by atoms with E-state index in [2.05, 4.69) is 10.4 Å². The Morgan fingerprint density at radius 3 is 2.53 bits per heavy atom. The number of anilines is 1. The van der Waals surface area contributed by atoms with Crippen LogP contribution in [0.3, 0.4) is 0 Å². The maximum Gasteiger partial charge on any atom is 0.253 e. The number of amides is 2. The highest BCUT2D eigenvalue weighted by molar-refractivity contribution is 6.36. The van der Waals surface area contributed by atoms with Crippen molar-refractivity contribution in [2.24, 2.45) is 5.92 Å². The lowest BCUT2D eigenvalue weighted by atomic mass is 9.96. The molecule has 4 rings (SSSR count). The van der Waals surface area contributed by atoms with Gasteiger partial charge in [0.1, 0.15) is 11.6 Å². The second-order valence-electron chi connectivity index (χ2n) is 7.66. The normalized spacial score (nSPS) is 16.1. The SMILES string of the molecule is O=C(Nc1ccnn1Cc1c(Cl)cccc1Cl)C1CCCN(C(=O)c2ccc(F)cc2)C1. The Balaban J connectivity index is 1.43. The lowest BCUT2D eigenvalue weighted by Crippen LogP contribution is -2.43. The molecule has 2 aromatic carbocycles. The molecule has 0 aliphatic carbocycles. The molecular weight excluding hydrogens is 454 g/mol. The van der Waals surface area contributed by atoms with E-state index in [0.717, 1.165) is 0 Å². The molecule has 2 heterocycles. The zero-order valence-corrected chi connectivity index (χ0v) is 18.6. The van der Waals surface area contributed by atoms with E-state index in [1.54, 1.807) is 40.0 Å². The smallest absolute Gasteiger partial charge is 0.253 e. The molecule has 0 bridgehead atoms. The van der Waals surface area contributed by atoms with Gasteiger partial charge in [0, 0.05) is 40.3 Å². The van der Waals surface area contributed by atoms with Gasteiger partial charge < -0.3 is 10.2 Å². The fraction of sp³-hybridized carbons (Fsp3) is 0.261. The zero-order valence-electron chi connectivity index (χ0n) is 17.1. The predicted octanol–water partition coefficient (Wildman–Crippen LogP) is 4.87. The third-order valence-electron chi connectivity index (χ3n) is 5.51. The molecule has 1 saturated heterocycles. The van der Waals surface area contributed by atoms with E-state index in [0.29, 0.717) is 59.5 Å². The van der Waals surface area contributed by atoms with Crippen LogP contribution >= 0.6 is 23.2 Å². The molecule has 1 aliphatic heterocycles. The maximum atomic E-state index is 13.2. The predicted molar refractivity (Wildman–Crippen MR) is 121 cm³/mol. The standard InChI is InChI=1S/C23H21Cl2FN4O2/c24-19-4-1-5-20(25)18(19)14-30-21(10-11-27-30)28-22(31)16-3-2-12-29(13-16)23(32)15-6-8-17(26)9-7-15/h1,4-11,16H,2-3,12-14H2,(H,28,31). The minimum absolute atomic E-state index is 0.186. The van der Waals surface area contributed by atoms with Crippen molar-refractivity contribution in [2.45, 2.75) is 19.4 Å².